The molecule has 4 aromatic rings. The number of ether oxygens (including phenoxy) is 1. The van der Waals surface area contributed by atoms with E-state index in [1.807, 2.05) is 48.0 Å². The number of primary amides is 1. The Balaban J connectivity index is 0.777. The number of hydrogen-bond acceptors (Lipinski definition) is 10. The fraction of sp³-hybridized carbons (Fsp3) is 0.396. The van der Waals surface area contributed by atoms with Gasteiger partial charge < -0.3 is 30.9 Å². The van der Waals surface area contributed by atoms with Gasteiger partial charge in [0, 0.05) is 94.1 Å². The Morgan fingerprint density at radius 2 is 1.56 bits per heavy atom. The molecule has 63 heavy (non-hydrogen) atoms. The molecule has 0 spiro atoms. The number of urea groups is 1. The van der Waals surface area contributed by atoms with Crippen molar-refractivity contribution in [1.29, 1.82) is 0 Å². The van der Waals surface area contributed by atoms with E-state index in [4.69, 9.17) is 15.6 Å². The molecule has 1 unspecified atom stereocenters. The van der Waals surface area contributed by atoms with Crippen molar-refractivity contribution < 1.29 is 23.9 Å². The minimum Gasteiger partial charge on any atom is -0.496 e. The van der Waals surface area contributed by atoms with Crippen LogP contribution in [-0.4, -0.2) is 104 Å². The standard InChI is InChI=1S/C48H56N10O5/c1-31(50-47(61)39-5-3-4-6-41(39)63-2)33-7-9-34(10-8-33)44-43(45(49)60)46-51-40-16-15-38(29-35(40)19-24-58(46)53-44)56-27-25-54(26-28-56)30-32-17-21-55(22-18-32)36-11-13-37(14-12-36)57-23-20-42(59)52-48(57)62/h3-7,9,11-16,29,31-32,51H,8,10,17-28,30H2,1-2H3,(H2,49,60)(H,50,61)(H,52,59,62). The van der Waals surface area contributed by atoms with E-state index in [-0.39, 0.29) is 23.9 Å². The van der Waals surface area contributed by atoms with E-state index in [0.717, 1.165) is 87.6 Å². The minimum atomic E-state index is -0.521. The highest BCUT2D eigenvalue weighted by molar-refractivity contribution is 6.06. The molecule has 3 fully saturated rings. The molecule has 328 valence electrons. The Labute approximate surface area is 367 Å². The number of para-hydroxylation sites is 1. The van der Waals surface area contributed by atoms with Gasteiger partial charge in [-0.1, -0.05) is 24.3 Å². The van der Waals surface area contributed by atoms with Crippen LogP contribution in [0.1, 0.15) is 71.0 Å². The lowest BCUT2D eigenvalue weighted by atomic mass is 9.91. The van der Waals surface area contributed by atoms with Gasteiger partial charge in [0.25, 0.3) is 11.8 Å². The average molecular weight is 853 g/mol. The number of nitrogens with two attached hydrogens (primary N) is 1. The molecule has 5 heterocycles. The van der Waals surface area contributed by atoms with Crippen LogP contribution in [0, 0.1) is 5.92 Å². The number of anilines is 5. The number of piperidine rings is 1. The first-order valence-corrected chi connectivity index (χ1v) is 22.2. The molecule has 0 saturated carbocycles. The number of nitrogens with one attached hydrogen (secondary N) is 3. The third kappa shape index (κ3) is 8.87. The second-order valence-electron chi connectivity index (χ2n) is 17.2. The predicted molar refractivity (Wildman–Crippen MR) is 245 cm³/mol. The van der Waals surface area contributed by atoms with E-state index in [9.17, 15) is 19.2 Å². The van der Waals surface area contributed by atoms with Gasteiger partial charge in [0.15, 0.2) is 0 Å². The van der Waals surface area contributed by atoms with Crippen LogP contribution >= 0.6 is 0 Å². The van der Waals surface area contributed by atoms with Crippen molar-refractivity contribution in [3.8, 4) is 5.75 Å². The summed E-state index contributed by atoms with van der Waals surface area (Å²) in [5.41, 5.74) is 14.9. The monoisotopic (exact) mass is 852 g/mol. The average Bonchev–Trinajstić information content (AvgIpc) is 3.57. The van der Waals surface area contributed by atoms with Crippen molar-refractivity contribution in [1.82, 2.24) is 25.3 Å². The molecule has 1 aliphatic carbocycles. The van der Waals surface area contributed by atoms with E-state index in [2.05, 4.69) is 61.0 Å². The third-order valence-electron chi connectivity index (χ3n) is 13.3. The summed E-state index contributed by atoms with van der Waals surface area (Å²) >= 11 is 0. The van der Waals surface area contributed by atoms with Crippen molar-refractivity contribution in [3.05, 3.63) is 107 Å². The maximum absolute atomic E-state index is 13.1. The van der Waals surface area contributed by atoms with Crippen LogP contribution in [0.2, 0.25) is 0 Å². The molecule has 0 radical (unpaired) electrons. The molecule has 5 N–H and O–H groups in total. The molecule has 4 aliphatic heterocycles. The van der Waals surface area contributed by atoms with Gasteiger partial charge in [0.05, 0.1) is 12.7 Å². The molecule has 15 heteroatoms. The molecule has 15 nitrogen and oxygen atoms in total. The molecule has 9 rings (SSSR count). The number of aryl methyl sites for hydroxylation is 2. The maximum Gasteiger partial charge on any atom is 0.328 e. The van der Waals surface area contributed by atoms with E-state index >= 15 is 0 Å². The van der Waals surface area contributed by atoms with Crippen LogP contribution in [0.3, 0.4) is 0 Å². The van der Waals surface area contributed by atoms with Gasteiger partial charge in [0.1, 0.15) is 22.8 Å². The van der Waals surface area contributed by atoms with Crippen LogP contribution in [0.15, 0.2) is 84.5 Å². The van der Waals surface area contributed by atoms with E-state index in [0.29, 0.717) is 66.7 Å². The summed E-state index contributed by atoms with van der Waals surface area (Å²) in [5, 5.41) is 14.0. The Kier molecular flexibility index (Phi) is 11.9. The Morgan fingerprint density at radius 3 is 2.27 bits per heavy atom. The highest BCUT2D eigenvalue weighted by Crippen LogP contribution is 2.37. The second kappa shape index (κ2) is 18.0. The van der Waals surface area contributed by atoms with Gasteiger partial charge in [-0.3, -0.25) is 29.5 Å². The zero-order valence-electron chi connectivity index (χ0n) is 36.1. The lowest BCUT2D eigenvalue weighted by Crippen LogP contribution is -2.49. The number of hydrogen-bond donors (Lipinski definition) is 4. The second-order valence-corrected chi connectivity index (χ2v) is 17.2. The van der Waals surface area contributed by atoms with Gasteiger partial charge in [0.2, 0.25) is 5.91 Å². The highest BCUT2D eigenvalue weighted by atomic mass is 16.5. The van der Waals surface area contributed by atoms with Crippen LogP contribution in [0.4, 0.5) is 33.4 Å². The molecule has 3 aromatic carbocycles. The number of carbonyl (C=O) groups is 4. The fourth-order valence-electron chi connectivity index (χ4n) is 9.66. The van der Waals surface area contributed by atoms with Gasteiger partial charge in [-0.25, -0.2) is 9.48 Å². The van der Waals surface area contributed by atoms with Gasteiger partial charge in [-0.05, 0) is 116 Å². The molecular formula is C48H56N10O5. The van der Waals surface area contributed by atoms with E-state index in [1.54, 1.807) is 24.1 Å². The van der Waals surface area contributed by atoms with Crippen molar-refractivity contribution in [2.45, 2.75) is 58.0 Å². The fourth-order valence-corrected chi connectivity index (χ4v) is 9.66. The zero-order chi connectivity index (χ0) is 43.6. The van der Waals surface area contributed by atoms with Crippen LogP contribution in [0.25, 0.3) is 5.57 Å². The number of allylic oxidation sites excluding steroid dienone is 3. The first-order valence-electron chi connectivity index (χ1n) is 22.2. The number of aromatic nitrogens is 2. The number of piperazine rings is 1. The van der Waals surface area contributed by atoms with Crippen LogP contribution in [-0.2, 0) is 17.8 Å². The molecule has 3 saturated heterocycles. The smallest absolute Gasteiger partial charge is 0.328 e. The molecule has 0 bridgehead atoms. The lowest BCUT2D eigenvalue weighted by Gasteiger charge is -2.40. The number of rotatable bonds is 11. The molecule has 1 atom stereocenters. The van der Waals surface area contributed by atoms with Gasteiger partial charge >= 0.3 is 6.03 Å². The first kappa shape index (κ1) is 41.7. The summed E-state index contributed by atoms with van der Waals surface area (Å²) in [6.45, 7) is 10.1. The van der Waals surface area contributed by atoms with Crippen molar-refractivity contribution >= 4 is 57.9 Å². The maximum atomic E-state index is 13.1. The Bertz CT molecular complexity index is 2460. The number of fused-ring (bicyclic) bond motifs is 2. The zero-order valence-corrected chi connectivity index (χ0v) is 36.1. The SMILES string of the molecule is COc1ccccc1C(=O)NC(C)C1=CC=C(c2nn3c(c2C(N)=O)Nc2ccc(N4CCN(CC5CCN(c6ccc(N7CCC(=O)NC7=O)cc6)CC5)CC4)cc2CC3)CC1. The number of methoxy groups -OCH3 is 1. The largest absolute Gasteiger partial charge is 0.496 e. The van der Waals surface area contributed by atoms with Crippen molar-refractivity contribution in [2.75, 3.05) is 79.5 Å². The van der Waals surface area contributed by atoms with Crippen LogP contribution in [0.5, 0.6) is 5.75 Å². The third-order valence-corrected chi connectivity index (χ3v) is 13.3. The summed E-state index contributed by atoms with van der Waals surface area (Å²) in [4.78, 5) is 59.1. The number of amides is 5. The van der Waals surface area contributed by atoms with Crippen molar-refractivity contribution in [2.24, 2.45) is 11.7 Å². The Hall–Kier alpha value is -6.61. The number of nitrogens with zero attached hydrogens (tertiary/aromatic N) is 6. The minimum absolute atomic E-state index is 0.191. The lowest BCUT2D eigenvalue weighted by molar-refractivity contribution is -0.120. The molecule has 5 aliphatic rings. The molecule has 1 aromatic heterocycles. The van der Waals surface area contributed by atoms with Gasteiger partial charge in [-0.15, -0.1) is 0 Å². The quantitative estimate of drug-likeness (QED) is 0.147. The summed E-state index contributed by atoms with van der Waals surface area (Å²) < 4.78 is 7.26. The highest BCUT2D eigenvalue weighted by Gasteiger charge is 2.30. The summed E-state index contributed by atoms with van der Waals surface area (Å²) in [7, 11) is 1.56. The molecule has 5 amide bonds. The summed E-state index contributed by atoms with van der Waals surface area (Å²) in [6, 6.07) is 21.3. The number of carbonyl (C=O) groups excluding carboxylic acids is 4. The topological polar surface area (TPSA) is 170 Å². The van der Waals surface area contributed by atoms with Crippen LogP contribution < -0.4 is 41.1 Å². The Morgan fingerprint density at radius 1 is 0.825 bits per heavy atom. The number of imide groups is 1. The normalized spacial score (nSPS) is 18.9. The van der Waals surface area contributed by atoms with Crippen molar-refractivity contribution in [3.63, 3.8) is 0 Å². The van der Waals surface area contributed by atoms with E-state index < -0.39 is 5.91 Å². The summed E-state index contributed by atoms with van der Waals surface area (Å²) in [5.74, 6) is 0.875. The first-order chi connectivity index (χ1) is 30.6. The van der Waals surface area contributed by atoms with Gasteiger partial charge in [-0.2, -0.15) is 5.10 Å². The van der Waals surface area contributed by atoms with E-state index in [1.165, 1.54) is 16.9 Å². The molecular weight excluding hydrogens is 797 g/mol. The predicted octanol–water partition coefficient (Wildman–Crippen LogP) is 5.70. The summed E-state index contributed by atoms with van der Waals surface area (Å²) in [6.07, 6.45) is 8.76. The number of benzene rings is 3.